The van der Waals surface area contributed by atoms with Crippen molar-refractivity contribution < 1.29 is 13.9 Å². The zero-order valence-corrected chi connectivity index (χ0v) is 10.1. The van der Waals surface area contributed by atoms with Gasteiger partial charge in [-0.3, -0.25) is 4.98 Å². The summed E-state index contributed by atoms with van der Waals surface area (Å²) in [7, 11) is 0. The number of hydrogen-bond acceptors (Lipinski definition) is 3. The predicted octanol–water partition coefficient (Wildman–Crippen LogP) is 2.14. The van der Waals surface area contributed by atoms with E-state index in [2.05, 4.69) is 4.98 Å². The predicted molar refractivity (Wildman–Crippen MR) is 67.4 cm³/mol. The first-order valence-electron chi connectivity index (χ1n) is 5.86. The molecule has 2 atom stereocenters. The number of hydrogen-bond donors (Lipinski definition) is 2. The van der Waals surface area contributed by atoms with Crippen LogP contribution in [0.5, 0.6) is 0 Å². The van der Waals surface area contributed by atoms with Crippen LogP contribution < -0.4 is 5.73 Å². The van der Waals surface area contributed by atoms with Crippen LogP contribution in [0.4, 0.5) is 8.78 Å². The van der Waals surface area contributed by atoms with Crippen molar-refractivity contribution in [2.24, 2.45) is 5.73 Å². The van der Waals surface area contributed by atoms with Crippen molar-refractivity contribution in [1.29, 1.82) is 0 Å². The maximum atomic E-state index is 13.7. The second-order valence-electron chi connectivity index (χ2n) is 4.23. The van der Waals surface area contributed by atoms with Gasteiger partial charge in [0, 0.05) is 30.4 Å². The van der Waals surface area contributed by atoms with E-state index in [0.29, 0.717) is 0 Å². The molecule has 0 radical (unpaired) electrons. The third-order valence-corrected chi connectivity index (χ3v) is 3.05. The molecule has 0 spiro atoms. The molecule has 2 aromatic rings. The maximum Gasteiger partial charge on any atom is 0.129 e. The van der Waals surface area contributed by atoms with Gasteiger partial charge in [-0.05, 0) is 35.9 Å². The number of aliphatic hydroxyl groups is 1. The number of nitrogens with zero attached hydrogens (tertiary/aromatic N) is 1. The highest BCUT2D eigenvalue weighted by molar-refractivity contribution is 5.27. The molecule has 0 aliphatic heterocycles. The van der Waals surface area contributed by atoms with Crippen LogP contribution in [0.15, 0.2) is 42.7 Å². The molecule has 5 heteroatoms. The van der Waals surface area contributed by atoms with Gasteiger partial charge >= 0.3 is 0 Å². The smallest absolute Gasteiger partial charge is 0.129 e. The van der Waals surface area contributed by atoms with Crippen LogP contribution in [0.3, 0.4) is 0 Å². The summed E-state index contributed by atoms with van der Waals surface area (Å²) < 4.78 is 26.8. The summed E-state index contributed by atoms with van der Waals surface area (Å²) in [5, 5.41) is 10.2. The Kier molecular flexibility index (Phi) is 4.19. The van der Waals surface area contributed by atoms with E-state index in [1.54, 1.807) is 24.5 Å². The quantitative estimate of drug-likeness (QED) is 0.889. The van der Waals surface area contributed by atoms with Gasteiger partial charge in [0.15, 0.2) is 0 Å². The van der Waals surface area contributed by atoms with Gasteiger partial charge in [-0.2, -0.15) is 0 Å². The molecule has 0 amide bonds. The molecule has 1 aromatic carbocycles. The van der Waals surface area contributed by atoms with E-state index < -0.39 is 23.7 Å². The van der Waals surface area contributed by atoms with Gasteiger partial charge in [0.1, 0.15) is 11.6 Å². The van der Waals surface area contributed by atoms with Crippen molar-refractivity contribution >= 4 is 0 Å². The molecule has 0 saturated heterocycles. The van der Waals surface area contributed by atoms with Crippen molar-refractivity contribution in [3.63, 3.8) is 0 Å². The fourth-order valence-corrected chi connectivity index (χ4v) is 2.02. The summed E-state index contributed by atoms with van der Waals surface area (Å²) in [5.74, 6) is -1.76. The van der Waals surface area contributed by atoms with E-state index in [1.807, 2.05) is 0 Å². The Labute approximate surface area is 109 Å². The fourth-order valence-electron chi connectivity index (χ4n) is 2.02. The average Bonchev–Trinajstić information content (AvgIpc) is 2.43. The Morgan fingerprint density at radius 1 is 1.16 bits per heavy atom. The SMILES string of the molecule is NCC(c1ccncc1)C(O)c1cc(F)ccc1F. The molecule has 3 N–H and O–H groups in total. The standard InChI is InChI=1S/C14H14F2N2O/c15-10-1-2-13(16)11(7-10)14(19)12(8-17)9-3-5-18-6-4-9/h1-7,12,14,19H,8,17H2. The second kappa shape index (κ2) is 5.86. The van der Waals surface area contributed by atoms with Crippen LogP contribution in [-0.4, -0.2) is 16.6 Å². The summed E-state index contributed by atoms with van der Waals surface area (Å²) in [5.41, 5.74) is 6.27. The highest BCUT2D eigenvalue weighted by Gasteiger charge is 2.24. The monoisotopic (exact) mass is 264 g/mol. The molecule has 0 aliphatic rings. The van der Waals surface area contributed by atoms with Gasteiger partial charge < -0.3 is 10.8 Å². The summed E-state index contributed by atoms with van der Waals surface area (Å²) in [4.78, 5) is 3.87. The molecule has 100 valence electrons. The molecule has 1 aromatic heterocycles. The number of pyridine rings is 1. The lowest BCUT2D eigenvalue weighted by Gasteiger charge is -2.22. The van der Waals surface area contributed by atoms with Gasteiger partial charge in [-0.1, -0.05) is 0 Å². The Bertz CT molecular complexity index is 548. The van der Waals surface area contributed by atoms with Crippen molar-refractivity contribution in [3.05, 3.63) is 65.5 Å². The fraction of sp³-hybridized carbons (Fsp3) is 0.214. The van der Waals surface area contributed by atoms with Crippen LogP contribution in [0.1, 0.15) is 23.1 Å². The largest absolute Gasteiger partial charge is 0.388 e. The van der Waals surface area contributed by atoms with E-state index in [-0.39, 0.29) is 12.1 Å². The van der Waals surface area contributed by atoms with Gasteiger partial charge in [0.25, 0.3) is 0 Å². The van der Waals surface area contributed by atoms with Gasteiger partial charge in [-0.25, -0.2) is 8.78 Å². The van der Waals surface area contributed by atoms with Gasteiger partial charge in [0.05, 0.1) is 6.10 Å². The lowest BCUT2D eigenvalue weighted by Crippen LogP contribution is -2.21. The lowest BCUT2D eigenvalue weighted by atomic mass is 9.89. The summed E-state index contributed by atoms with van der Waals surface area (Å²) >= 11 is 0. The zero-order chi connectivity index (χ0) is 13.8. The lowest BCUT2D eigenvalue weighted by molar-refractivity contribution is 0.142. The van der Waals surface area contributed by atoms with Crippen LogP contribution in [-0.2, 0) is 0 Å². The minimum Gasteiger partial charge on any atom is -0.388 e. The Morgan fingerprint density at radius 2 is 1.84 bits per heavy atom. The van der Waals surface area contributed by atoms with Crippen molar-refractivity contribution in [2.45, 2.75) is 12.0 Å². The first-order chi connectivity index (χ1) is 9.13. The molecule has 2 unspecified atom stereocenters. The van der Waals surface area contributed by atoms with Crippen LogP contribution in [0, 0.1) is 11.6 Å². The number of aliphatic hydroxyl groups excluding tert-OH is 1. The molecule has 0 fully saturated rings. The van der Waals surface area contributed by atoms with E-state index in [0.717, 1.165) is 23.8 Å². The minimum atomic E-state index is -1.21. The molecule has 1 heterocycles. The number of halogens is 2. The Morgan fingerprint density at radius 3 is 2.47 bits per heavy atom. The van der Waals surface area contributed by atoms with E-state index in [1.165, 1.54) is 0 Å². The van der Waals surface area contributed by atoms with Crippen LogP contribution in [0.2, 0.25) is 0 Å². The van der Waals surface area contributed by atoms with E-state index in [9.17, 15) is 13.9 Å². The number of benzene rings is 1. The minimum absolute atomic E-state index is 0.0905. The summed E-state index contributed by atoms with van der Waals surface area (Å²) in [6.07, 6.45) is 1.92. The third-order valence-electron chi connectivity index (χ3n) is 3.05. The average molecular weight is 264 g/mol. The Balaban J connectivity index is 2.36. The zero-order valence-electron chi connectivity index (χ0n) is 10.1. The highest BCUT2D eigenvalue weighted by atomic mass is 19.1. The molecule has 0 aliphatic carbocycles. The molecule has 3 nitrogen and oxygen atoms in total. The number of rotatable bonds is 4. The van der Waals surface area contributed by atoms with Crippen molar-refractivity contribution in [1.82, 2.24) is 4.98 Å². The highest BCUT2D eigenvalue weighted by Crippen LogP contribution is 2.31. The van der Waals surface area contributed by atoms with Crippen LogP contribution >= 0.6 is 0 Å². The van der Waals surface area contributed by atoms with Crippen molar-refractivity contribution in [2.75, 3.05) is 6.54 Å². The third kappa shape index (κ3) is 2.94. The molecular formula is C14H14F2N2O. The second-order valence-corrected chi connectivity index (χ2v) is 4.23. The first-order valence-corrected chi connectivity index (χ1v) is 5.86. The normalized spacial score (nSPS) is 14.1. The molecule has 0 bridgehead atoms. The molecule has 19 heavy (non-hydrogen) atoms. The van der Waals surface area contributed by atoms with E-state index in [4.69, 9.17) is 5.73 Å². The van der Waals surface area contributed by atoms with Gasteiger partial charge in [0.2, 0.25) is 0 Å². The maximum absolute atomic E-state index is 13.7. The topological polar surface area (TPSA) is 59.1 Å². The van der Waals surface area contributed by atoms with E-state index >= 15 is 0 Å². The first kappa shape index (κ1) is 13.6. The van der Waals surface area contributed by atoms with Crippen LogP contribution in [0.25, 0.3) is 0 Å². The molecule has 2 rings (SSSR count). The molecular weight excluding hydrogens is 250 g/mol. The summed E-state index contributed by atoms with van der Waals surface area (Å²) in [6, 6.07) is 6.38. The van der Waals surface area contributed by atoms with Gasteiger partial charge in [-0.15, -0.1) is 0 Å². The summed E-state index contributed by atoms with van der Waals surface area (Å²) in [6.45, 7) is 0.112. The molecule has 0 saturated carbocycles. The number of aromatic nitrogens is 1. The Hall–Kier alpha value is -1.85. The number of nitrogens with two attached hydrogens (primary N) is 1. The van der Waals surface area contributed by atoms with Crippen molar-refractivity contribution in [3.8, 4) is 0 Å².